The molecule has 0 unspecified atom stereocenters. The lowest BCUT2D eigenvalue weighted by Gasteiger charge is -2.39. The Bertz CT molecular complexity index is 1350. The molecule has 0 amide bonds. The number of fused-ring (bicyclic) bond motifs is 1. The molecule has 2 atom stereocenters. The predicted molar refractivity (Wildman–Crippen MR) is 153 cm³/mol. The van der Waals surface area contributed by atoms with Gasteiger partial charge in [-0.25, -0.2) is 15.0 Å². The minimum atomic E-state index is -0.0955. The van der Waals surface area contributed by atoms with E-state index in [2.05, 4.69) is 68.7 Å². The zero-order valence-electron chi connectivity index (χ0n) is 23.6. The minimum Gasteiger partial charge on any atom is -0.497 e. The van der Waals surface area contributed by atoms with Crippen LogP contribution >= 0.6 is 0 Å². The van der Waals surface area contributed by atoms with Crippen molar-refractivity contribution in [3.8, 4) is 5.75 Å². The Morgan fingerprint density at radius 2 is 1.92 bits per heavy atom. The second-order valence-corrected chi connectivity index (χ2v) is 10.7. The maximum Gasteiger partial charge on any atom is 0.181 e. The Kier molecular flexibility index (Phi) is 8.53. The number of likely N-dealkylation sites (tertiary alicyclic amines) is 1. The van der Waals surface area contributed by atoms with Gasteiger partial charge >= 0.3 is 0 Å². The molecule has 4 heterocycles. The molecule has 1 saturated heterocycles. The molecular formula is C31H40N6O2. The molecule has 8 nitrogen and oxygen atoms in total. The number of pyridine rings is 1. The second kappa shape index (κ2) is 12.2. The monoisotopic (exact) mass is 528 g/mol. The Balaban J connectivity index is 1.30. The summed E-state index contributed by atoms with van der Waals surface area (Å²) >= 11 is 0. The van der Waals surface area contributed by atoms with E-state index in [4.69, 9.17) is 14.5 Å². The van der Waals surface area contributed by atoms with Crippen molar-refractivity contribution in [1.82, 2.24) is 29.4 Å². The number of imidazole rings is 1. The van der Waals surface area contributed by atoms with Crippen molar-refractivity contribution < 1.29 is 9.47 Å². The van der Waals surface area contributed by atoms with E-state index in [0.717, 1.165) is 80.5 Å². The number of benzene rings is 1. The molecule has 8 heteroatoms. The number of methoxy groups -OCH3 is 1. The summed E-state index contributed by atoms with van der Waals surface area (Å²) in [5, 5.41) is 0. The predicted octanol–water partition coefficient (Wildman–Crippen LogP) is 5.18. The lowest BCUT2D eigenvalue weighted by molar-refractivity contribution is 0.0619. The molecule has 206 valence electrons. The maximum atomic E-state index is 5.79. The van der Waals surface area contributed by atoms with Crippen LogP contribution in [0.2, 0.25) is 0 Å². The molecule has 0 radical (unpaired) electrons. The van der Waals surface area contributed by atoms with Crippen LogP contribution in [0.1, 0.15) is 55.8 Å². The van der Waals surface area contributed by atoms with Gasteiger partial charge in [0.2, 0.25) is 0 Å². The molecule has 1 fully saturated rings. The van der Waals surface area contributed by atoms with Gasteiger partial charge in [-0.15, -0.1) is 0 Å². The first-order valence-electron chi connectivity index (χ1n) is 14.0. The van der Waals surface area contributed by atoms with Crippen LogP contribution in [0.3, 0.4) is 0 Å². The third kappa shape index (κ3) is 6.12. The summed E-state index contributed by atoms with van der Waals surface area (Å²) in [4.78, 5) is 20.9. The molecule has 5 rings (SSSR count). The van der Waals surface area contributed by atoms with Crippen molar-refractivity contribution >= 4 is 11.2 Å². The Morgan fingerprint density at radius 3 is 2.67 bits per heavy atom. The van der Waals surface area contributed by atoms with Crippen molar-refractivity contribution in [1.29, 1.82) is 0 Å². The van der Waals surface area contributed by atoms with E-state index in [1.54, 1.807) is 13.4 Å². The number of aromatic nitrogens is 5. The lowest BCUT2D eigenvalue weighted by atomic mass is 9.88. The van der Waals surface area contributed by atoms with Crippen molar-refractivity contribution in [2.75, 3.05) is 33.4 Å². The van der Waals surface area contributed by atoms with Gasteiger partial charge in [0.15, 0.2) is 5.65 Å². The third-order valence-electron chi connectivity index (χ3n) is 8.24. The van der Waals surface area contributed by atoms with E-state index in [0.29, 0.717) is 5.92 Å². The quantitative estimate of drug-likeness (QED) is 0.234. The van der Waals surface area contributed by atoms with E-state index in [1.807, 2.05) is 25.3 Å². The first kappa shape index (κ1) is 27.2. The molecule has 1 aromatic carbocycles. The summed E-state index contributed by atoms with van der Waals surface area (Å²) in [5.74, 6) is 2.54. The first-order valence-corrected chi connectivity index (χ1v) is 14.0. The van der Waals surface area contributed by atoms with Crippen LogP contribution in [0.4, 0.5) is 0 Å². The highest BCUT2D eigenvalue weighted by atomic mass is 16.5. The van der Waals surface area contributed by atoms with Gasteiger partial charge in [-0.3, -0.25) is 9.88 Å². The Hall–Kier alpha value is -3.36. The Labute approximate surface area is 231 Å². The van der Waals surface area contributed by atoms with Gasteiger partial charge in [0.1, 0.15) is 23.4 Å². The van der Waals surface area contributed by atoms with Crippen LogP contribution in [0, 0.1) is 12.8 Å². The van der Waals surface area contributed by atoms with Gasteiger partial charge < -0.3 is 14.0 Å². The normalized spacial score (nSPS) is 17.5. The fourth-order valence-corrected chi connectivity index (χ4v) is 5.73. The van der Waals surface area contributed by atoms with Crippen molar-refractivity contribution in [3.05, 3.63) is 77.8 Å². The van der Waals surface area contributed by atoms with Crippen LogP contribution in [0.15, 0.2) is 55.1 Å². The number of aryl methyl sites for hydroxylation is 2. The van der Waals surface area contributed by atoms with Crippen molar-refractivity contribution in [2.24, 2.45) is 5.92 Å². The summed E-state index contributed by atoms with van der Waals surface area (Å²) in [6.07, 6.45) is 9.64. The topological polar surface area (TPSA) is 78.2 Å². The van der Waals surface area contributed by atoms with Crippen LogP contribution in [0.25, 0.3) is 11.2 Å². The highest BCUT2D eigenvalue weighted by molar-refractivity contribution is 5.70. The standard InChI is InChI=1S/C31H40N6O2/c1-5-39-17-15-31(3,26-10-6-23(2)33-18-26)36-16-14-25(20-36)9-13-29-35-30-28(19-32-22-34-30)37(29)21-24-7-11-27(38-4)12-8-24/h6-8,10-12,18-19,22,25H,5,9,13-17,20-21H2,1-4H3/t25-,31-/m1/s1. The smallest absolute Gasteiger partial charge is 0.181 e. The van der Waals surface area contributed by atoms with Crippen LogP contribution < -0.4 is 4.74 Å². The number of hydrogen-bond donors (Lipinski definition) is 0. The molecule has 3 aromatic heterocycles. The molecular weight excluding hydrogens is 488 g/mol. The van der Waals surface area contributed by atoms with E-state index >= 15 is 0 Å². The van der Waals surface area contributed by atoms with Gasteiger partial charge in [0.05, 0.1) is 13.3 Å². The largest absolute Gasteiger partial charge is 0.497 e. The molecule has 0 spiro atoms. The second-order valence-electron chi connectivity index (χ2n) is 10.7. The van der Waals surface area contributed by atoms with Gasteiger partial charge in [-0.2, -0.15) is 0 Å². The Morgan fingerprint density at radius 1 is 1.08 bits per heavy atom. The molecule has 1 aliphatic heterocycles. The van der Waals surface area contributed by atoms with Gasteiger partial charge in [-0.05, 0) is 81.8 Å². The highest BCUT2D eigenvalue weighted by Gasteiger charge is 2.38. The molecule has 1 aliphatic rings. The summed E-state index contributed by atoms with van der Waals surface area (Å²) in [7, 11) is 1.69. The number of nitrogens with zero attached hydrogens (tertiary/aromatic N) is 6. The first-order chi connectivity index (χ1) is 19.0. The number of rotatable bonds is 12. The van der Waals surface area contributed by atoms with Crippen molar-refractivity contribution in [2.45, 2.75) is 58.5 Å². The summed E-state index contributed by atoms with van der Waals surface area (Å²) in [6, 6.07) is 12.6. The molecule has 0 bridgehead atoms. The molecule has 0 aliphatic carbocycles. The fraction of sp³-hybridized carbons (Fsp3) is 0.484. The maximum absolute atomic E-state index is 5.79. The molecule has 39 heavy (non-hydrogen) atoms. The van der Waals surface area contributed by atoms with E-state index < -0.39 is 0 Å². The third-order valence-corrected chi connectivity index (χ3v) is 8.24. The van der Waals surface area contributed by atoms with E-state index in [1.165, 1.54) is 17.5 Å². The van der Waals surface area contributed by atoms with Crippen LogP contribution in [-0.2, 0) is 23.2 Å². The minimum absolute atomic E-state index is 0.0955. The fourth-order valence-electron chi connectivity index (χ4n) is 5.73. The van der Waals surface area contributed by atoms with Gasteiger partial charge in [0, 0.05) is 50.2 Å². The van der Waals surface area contributed by atoms with Crippen LogP contribution in [-0.4, -0.2) is 62.8 Å². The summed E-state index contributed by atoms with van der Waals surface area (Å²) < 4.78 is 13.4. The average molecular weight is 529 g/mol. The molecule has 4 aromatic rings. The molecule has 0 saturated carbocycles. The summed E-state index contributed by atoms with van der Waals surface area (Å²) in [6.45, 7) is 10.8. The highest BCUT2D eigenvalue weighted by Crippen LogP contribution is 2.37. The lowest BCUT2D eigenvalue weighted by Crippen LogP contribution is -2.43. The average Bonchev–Trinajstić information content (AvgIpc) is 3.58. The summed E-state index contributed by atoms with van der Waals surface area (Å²) in [5.41, 5.74) is 5.16. The van der Waals surface area contributed by atoms with E-state index in [-0.39, 0.29) is 5.54 Å². The SMILES string of the molecule is CCOCC[C@](C)(c1ccc(C)nc1)N1CC[C@@H](CCc2nc3ncncc3n2Cc2ccc(OC)cc2)C1. The van der Waals surface area contributed by atoms with Crippen molar-refractivity contribution in [3.63, 3.8) is 0 Å². The number of hydrogen-bond acceptors (Lipinski definition) is 7. The molecule has 0 N–H and O–H groups in total. The zero-order chi connectivity index (χ0) is 27.2. The van der Waals surface area contributed by atoms with Gasteiger partial charge in [0.25, 0.3) is 0 Å². The zero-order valence-corrected chi connectivity index (χ0v) is 23.6. The van der Waals surface area contributed by atoms with Crippen LogP contribution in [0.5, 0.6) is 5.75 Å². The van der Waals surface area contributed by atoms with Gasteiger partial charge in [-0.1, -0.05) is 18.2 Å². The number of ether oxygens (including phenoxy) is 2. The van der Waals surface area contributed by atoms with E-state index in [9.17, 15) is 0 Å².